The van der Waals surface area contributed by atoms with Crippen LogP contribution in [-0.4, -0.2) is 18.2 Å². The van der Waals surface area contributed by atoms with Crippen LogP contribution in [0.5, 0.6) is 0 Å². The van der Waals surface area contributed by atoms with Crippen molar-refractivity contribution in [2.45, 2.75) is 11.3 Å². The van der Waals surface area contributed by atoms with Gasteiger partial charge in [0.25, 0.3) is 0 Å². The summed E-state index contributed by atoms with van der Waals surface area (Å²) >= 11 is 3.89. The average Bonchev–Trinajstić information content (AvgIpc) is 2.91. The van der Waals surface area contributed by atoms with Gasteiger partial charge in [0.2, 0.25) is 5.91 Å². The van der Waals surface area contributed by atoms with Gasteiger partial charge in [-0.3, -0.25) is 4.79 Å². The lowest BCUT2D eigenvalue weighted by Gasteiger charge is -2.02. The fraction of sp³-hybridized carbons (Fsp3) is 0.188. The second kappa shape index (κ2) is 8.94. The summed E-state index contributed by atoms with van der Waals surface area (Å²) in [7, 11) is 0. The normalized spacial score (nSPS) is 10.9. The van der Waals surface area contributed by atoms with Gasteiger partial charge >= 0.3 is 0 Å². The monoisotopic (exact) mass is 413 g/mol. The second-order valence-corrected chi connectivity index (χ2v) is 6.51. The highest BCUT2D eigenvalue weighted by Crippen LogP contribution is 2.17. The molecule has 0 saturated carbocycles. The maximum absolute atomic E-state index is 11.6. The number of nitrogens with one attached hydrogen (secondary N) is 1. The molecule has 1 aromatic carbocycles. The zero-order valence-electron chi connectivity index (χ0n) is 11.4. The zero-order valence-corrected chi connectivity index (χ0v) is 14.4. The molecule has 21 heavy (non-hydrogen) atoms. The van der Waals surface area contributed by atoms with Crippen LogP contribution in [0.3, 0.4) is 0 Å². The SMILES string of the molecule is O=C(/C=C/c1ccc(I)o1)NCCCSc1ccccc1. The minimum atomic E-state index is -0.0916. The molecule has 110 valence electrons. The summed E-state index contributed by atoms with van der Waals surface area (Å²) in [5, 5.41) is 2.86. The molecule has 0 spiro atoms. The van der Waals surface area contributed by atoms with Gasteiger partial charge in [0.1, 0.15) is 5.76 Å². The quantitative estimate of drug-likeness (QED) is 0.320. The average molecular weight is 413 g/mol. The highest BCUT2D eigenvalue weighted by Gasteiger charge is 1.98. The van der Waals surface area contributed by atoms with Crippen molar-refractivity contribution in [1.29, 1.82) is 0 Å². The van der Waals surface area contributed by atoms with Crippen LogP contribution in [0.2, 0.25) is 0 Å². The van der Waals surface area contributed by atoms with Gasteiger partial charge in [0.05, 0.1) is 0 Å². The standard InChI is InChI=1S/C16H16INO2S/c17-15-9-7-13(20-15)8-10-16(19)18-11-4-12-21-14-5-2-1-3-6-14/h1-3,5-10H,4,11-12H2,(H,18,19)/b10-8+. The maximum Gasteiger partial charge on any atom is 0.244 e. The van der Waals surface area contributed by atoms with Gasteiger partial charge in [-0.1, -0.05) is 18.2 Å². The summed E-state index contributed by atoms with van der Waals surface area (Å²) in [6.45, 7) is 0.679. The molecular formula is C16H16INO2S. The first kappa shape index (κ1) is 16.2. The van der Waals surface area contributed by atoms with Crippen LogP contribution >= 0.6 is 34.4 Å². The number of rotatable bonds is 7. The largest absolute Gasteiger partial charge is 0.451 e. The first-order chi connectivity index (χ1) is 10.2. The Morgan fingerprint density at radius 2 is 2.05 bits per heavy atom. The molecule has 1 aromatic heterocycles. The molecule has 0 aliphatic carbocycles. The van der Waals surface area contributed by atoms with Crippen LogP contribution in [-0.2, 0) is 4.79 Å². The highest BCUT2D eigenvalue weighted by molar-refractivity contribution is 14.1. The van der Waals surface area contributed by atoms with Gasteiger partial charge in [-0.15, -0.1) is 11.8 Å². The number of carbonyl (C=O) groups excluding carboxylic acids is 1. The lowest BCUT2D eigenvalue weighted by Crippen LogP contribution is -2.22. The minimum absolute atomic E-state index is 0.0916. The van der Waals surface area contributed by atoms with E-state index in [2.05, 4.69) is 40.0 Å². The Balaban J connectivity index is 1.60. The number of hydrogen-bond acceptors (Lipinski definition) is 3. The van der Waals surface area contributed by atoms with Gasteiger partial charge in [0, 0.05) is 17.5 Å². The van der Waals surface area contributed by atoms with Gasteiger partial charge in [-0.05, 0) is 65.1 Å². The number of thioether (sulfide) groups is 1. The van der Waals surface area contributed by atoms with E-state index in [1.54, 1.807) is 17.8 Å². The van der Waals surface area contributed by atoms with Crippen molar-refractivity contribution in [2.75, 3.05) is 12.3 Å². The van der Waals surface area contributed by atoms with E-state index in [9.17, 15) is 4.79 Å². The summed E-state index contributed by atoms with van der Waals surface area (Å²) in [5.41, 5.74) is 0. The van der Waals surface area contributed by atoms with Crippen LogP contribution in [0.25, 0.3) is 6.08 Å². The Bertz CT molecular complexity index is 595. The summed E-state index contributed by atoms with van der Waals surface area (Å²) < 4.78 is 6.15. The molecule has 0 aliphatic heterocycles. The van der Waals surface area contributed by atoms with Gasteiger partial charge in [-0.25, -0.2) is 0 Å². The third kappa shape index (κ3) is 6.39. The van der Waals surface area contributed by atoms with Gasteiger partial charge in [-0.2, -0.15) is 0 Å². The van der Waals surface area contributed by atoms with Gasteiger partial charge in [0.15, 0.2) is 3.77 Å². The number of halogens is 1. The molecule has 0 bridgehead atoms. The minimum Gasteiger partial charge on any atom is -0.451 e. The van der Waals surface area contributed by atoms with E-state index in [1.165, 1.54) is 11.0 Å². The smallest absolute Gasteiger partial charge is 0.244 e. The van der Waals surface area contributed by atoms with E-state index in [0.29, 0.717) is 12.3 Å². The molecule has 0 atom stereocenters. The van der Waals surface area contributed by atoms with E-state index in [1.807, 2.05) is 30.3 Å². The summed E-state index contributed by atoms with van der Waals surface area (Å²) in [6.07, 6.45) is 4.12. The lowest BCUT2D eigenvalue weighted by atomic mass is 10.4. The molecular weight excluding hydrogens is 397 g/mol. The van der Waals surface area contributed by atoms with Crippen molar-refractivity contribution in [3.05, 3.63) is 58.1 Å². The van der Waals surface area contributed by atoms with Crippen molar-refractivity contribution in [2.24, 2.45) is 0 Å². The van der Waals surface area contributed by atoms with Crippen molar-refractivity contribution in [3.63, 3.8) is 0 Å². The first-order valence-corrected chi connectivity index (χ1v) is 8.69. The van der Waals surface area contributed by atoms with Crippen LogP contribution in [0.15, 0.2) is 57.9 Å². The van der Waals surface area contributed by atoms with E-state index in [-0.39, 0.29) is 5.91 Å². The number of hydrogen-bond donors (Lipinski definition) is 1. The highest BCUT2D eigenvalue weighted by atomic mass is 127. The molecule has 0 radical (unpaired) electrons. The van der Waals surface area contributed by atoms with E-state index in [4.69, 9.17) is 4.42 Å². The molecule has 0 aliphatic rings. The van der Waals surface area contributed by atoms with E-state index in [0.717, 1.165) is 15.9 Å². The topological polar surface area (TPSA) is 42.2 Å². The number of carbonyl (C=O) groups is 1. The Kier molecular flexibility index (Phi) is 6.88. The number of benzene rings is 1. The zero-order chi connectivity index (χ0) is 14.9. The molecule has 0 unspecified atom stereocenters. The van der Waals surface area contributed by atoms with Crippen LogP contribution in [0.1, 0.15) is 12.2 Å². The van der Waals surface area contributed by atoms with Crippen LogP contribution < -0.4 is 5.32 Å². The predicted octanol–water partition coefficient (Wildman–Crippen LogP) is 4.20. The van der Waals surface area contributed by atoms with Crippen molar-refractivity contribution < 1.29 is 9.21 Å². The molecule has 1 amide bonds. The Hall–Kier alpha value is -1.21. The molecule has 0 saturated heterocycles. The molecule has 1 N–H and O–H groups in total. The molecule has 0 fully saturated rings. The van der Waals surface area contributed by atoms with Crippen molar-refractivity contribution >= 4 is 46.3 Å². The molecule has 2 rings (SSSR count). The predicted molar refractivity (Wildman–Crippen MR) is 95.3 cm³/mol. The summed E-state index contributed by atoms with van der Waals surface area (Å²) in [4.78, 5) is 12.9. The second-order valence-electron chi connectivity index (χ2n) is 4.28. The number of amides is 1. The van der Waals surface area contributed by atoms with Crippen molar-refractivity contribution in [1.82, 2.24) is 5.32 Å². The Morgan fingerprint density at radius 1 is 1.24 bits per heavy atom. The molecule has 1 heterocycles. The van der Waals surface area contributed by atoms with Gasteiger partial charge < -0.3 is 9.73 Å². The first-order valence-electron chi connectivity index (χ1n) is 6.63. The Morgan fingerprint density at radius 3 is 2.76 bits per heavy atom. The summed E-state index contributed by atoms with van der Waals surface area (Å²) in [5.74, 6) is 1.59. The fourth-order valence-electron chi connectivity index (χ4n) is 1.63. The van der Waals surface area contributed by atoms with Crippen molar-refractivity contribution in [3.8, 4) is 0 Å². The van der Waals surface area contributed by atoms with Crippen LogP contribution in [0.4, 0.5) is 0 Å². The molecule has 2 aromatic rings. The number of furan rings is 1. The third-order valence-corrected chi connectivity index (χ3v) is 4.30. The molecule has 3 nitrogen and oxygen atoms in total. The van der Waals surface area contributed by atoms with E-state index < -0.39 is 0 Å². The lowest BCUT2D eigenvalue weighted by molar-refractivity contribution is -0.116. The third-order valence-electron chi connectivity index (χ3n) is 2.63. The van der Waals surface area contributed by atoms with E-state index >= 15 is 0 Å². The Labute approximate surface area is 142 Å². The fourth-order valence-corrected chi connectivity index (χ4v) is 2.93. The summed E-state index contributed by atoms with van der Waals surface area (Å²) in [6, 6.07) is 14.0. The van der Waals surface area contributed by atoms with Crippen LogP contribution in [0, 0.1) is 3.77 Å². The molecule has 5 heteroatoms. The maximum atomic E-state index is 11.6.